The van der Waals surface area contributed by atoms with Crippen LogP contribution in [0, 0.1) is 23.7 Å². The van der Waals surface area contributed by atoms with Crippen molar-refractivity contribution in [2.24, 2.45) is 23.7 Å². The maximum atomic E-state index is 11.9. The lowest BCUT2D eigenvalue weighted by Gasteiger charge is -2.33. The van der Waals surface area contributed by atoms with E-state index < -0.39 is 23.6 Å². The van der Waals surface area contributed by atoms with Gasteiger partial charge in [0.05, 0.1) is 23.7 Å². The zero-order valence-corrected chi connectivity index (χ0v) is 22.8. The molecule has 0 radical (unpaired) electrons. The number of aliphatic hydroxyl groups is 3. The van der Waals surface area contributed by atoms with Crippen molar-refractivity contribution in [1.82, 2.24) is 4.98 Å². The molecule has 210 valence electrons. The highest BCUT2D eigenvalue weighted by Gasteiger charge is 2.41. The first-order chi connectivity index (χ1) is 17.8. The molecule has 4 N–H and O–H groups in total. The quantitative estimate of drug-likeness (QED) is 0.157. The smallest absolute Gasteiger partial charge is 0.309 e. The second-order valence-electron chi connectivity index (χ2n) is 11.8. The Bertz CT molecular complexity index is 809. The summed E-state index contributed by atoms with van der Waals surface area (Å²) in [6.07, 6.45) is 18.8. The van der Waals surface area contributed by atoms with Gasteiger partial charge in [-0.25, -0.2) is 0 Å². The van der Waals surface area contributed by atoms with E-state index >= 15 is 0 Å². The number of unbranched alkanes of at least 4 members (excludes halogenated alkanes) is 4. The summed E-state index contributed by atoms with van der Waals surface area (Å²) in [5, 5.41) is 42.3. The van der Waals surface area contributed by atoms with Crippen molar-refractivity contribution in [3.05, 3.63) is 36.2 Å². The molecule has 0 amide bonds. The van der Waals surface area contributed by atoms with Gasteiger partial charge in [-0.15, -0.1) is 0 Å². The van der Waals surface area contributed by atoms with Gasteiger partial charge in [0.25, 0.3) is 0 Å². The third-order valence-corrected chi connectivity index (χ3v) is 9.05. The molecule has 2 aliphatic rings. The maximum absolute atomic E-state index is 11.9. The third kappa shape index (κ3) is 9.26. The Labute approximate surface area is 223 Å². The fourth-order valence-corrected chi connectivity index (χ4v) is 6.61. The topological polar surface area (TPSA) is 112 Å². The largest absolute Gasteiger partial charge is 0.668 e. The minimum absolute atomic E-state index is 0.105. The van der Waals surface area contributed by atoms with E-state index in [0.29, 0.717) is 31.6 Å². The van der Waals surface area contributed by atoms with E-state index in [1.807, 2.05) is 12.1 Å². The molecule has 0 spiro atoms. The van der Waals surface area contributed by atoms with Gasteiger partial charge in [-0.1, -0.05) is 76.2 Å². The van der Waals surface area contributed by atoms with Crippen LogP contribution in [0.2, 0.25) is 0 Å². The molecule has 0 aromatic carbocycles. The van der Waals surface area contributed by atoms with Crippen LogP contribution in [-0.2, 0) is 11.2 Å². The number of allylic oxidation sites excluding steroid dienone is 1. The monoisotopic (exact) mass is 516 g/mol. The van der Waals surface area contributed by atoms with Gasteiger partial charge in [-0.05, 0) is 69.6 Å². The first-order valence-corrected chi connectivity index (χ1v) is 14.9. The molecule has 6 heteroatoms. The summed E-state index contributed by atoms with van der Waals surface area (Å²) in [7, 11) is 0. The predicted molar refractivity (Wildman–Crippen MR) is 146 cm³/mol. The van der Waals surface area contributed by atoms with Crippen LogP contribution in [0.5, 0.6) is 0 Å². The highest BCUT2D eigenvalue weighted by atomic mass is 16.4. The molecular weight excluding hydrogens is 466 g/mol. The van der Waals surface area contributed by atoms with Crippen molar-refractivity contribution in [2.75, 3.05) is 0 Å². The number of aliphatic hydroxyl groups excluding tert-OH is 2. The molecular formula is C31H50NO5-. The second-order valence-corrected chi connectivity index (χ2v) is 11.8. The molecule has 37 heavy (non-hydrogen) atoms. The van der Waals surface area contributed by atoms with Crippen molar-refractivity contribution in [3.63, 3.8) is 0 Å². The van der Waals surface area contributed by atoms with Crippen molar-refractivity contribution in [2.45, 2.75) is 127 Å². The zero-order chi connectivity index (χ0) is 26.7. The molecule has 0 bridgehead atoms. The van der Waals surface area contributed by atoms with Crippen LogP contribution in [0.4, 0.5) is 0 Å². The molecule has 3 rings (SSSR count). The first-order valence-electron chi connectivity index (χ1n) is 14.9. The summed E-state index contributed by atoms with van der Waals surface area (Å²) in [6, 6.07) is 3.88. The Hall–Kier alpha value is -1.63. The van der Waals surface area contributed by atoms with E-state index in [9.17, 15) is 25.2 Å². The number of nitrogens with zero attached hydrogens (tertiary/aromatic N) is 1. The molecule has 1 aromatic heterocycles. The van der Waals surface area contributed by atoms with Crippen LogP contribution < -0.4 is 4.98 Å². The molecule has 1 fully saturated rings. The van der Waals surface area contributed by atoms with E-state index in [-0.39, 0.29) is 17.9 Å². The molecule has 7 unspecified atom stereocenters. The predicted octanol–water partition coefficient (Wildman–Crippen LogP) is 5.64. The standard InChI is InChI=1S/C31H50NO5/c1-2-3-5-10-23-15-16-24(29(34)21-23)11-6-4-7-14-27(30(35)36)28(33)17-19-31(37)18-8-12-25(31)22-26-13-9-20-32-26/h9,13,15-16,20,23-25,27-29,33-34,37H,2-8,10-12,14,17-19,21-22H2,1H3,(H,35,36)/q-1. The number of carboxylic acids is 1. The lowest BCUT2D eigenvalue weighted by molar-refractivity contribution is -0.146. The van der Waals surface area contributed by atoms with E-state index in [4.69, 9.17) is 0 Å². The number of rotatable bonds is 17. The first kappa shape index (κ1) is 29.9. The van der Waals surface area contributed by atoms with Gasteiger partial charge in [0.2, 0.25) is 0 Å². The Morgan fingerprint density at radius 2 is 1.95 bits per heavy atom. The molecule has 1 heterocycles. The van der Waals surface area contributed by atoms with Crippen molar-refractivity contribution < 1.29 is 25.2 Å². The maximum Gasteiger partial charge on any atom is 0.309 e. The summed E-state index contributed by atoms with van der Waals surface area (Å²) in [6.45, 7) is 2.21. The van der Waals surface area contributed by atoms with Crippen LogP contribution in [0.3, 0.4) is 0 Å². The molecule has 1 aromatic rings. The fraction of sp³-hybridized carbons (Fsp3) is 0.774. The number of aliphatic carboxylic acids is 1. The van der Waals surface area contributed by atoms with E-state index in [1.165, 1.54) is 19.3 Å². The highest BCUT2D eigenvalue weighted by Crippen LogP contribution is 2.41. The Morgan fingerprint density at radius 1 is 1.14 bits per heavy atom. The van der Waals surface area contributed by atoms with Crippen molar-refractivity contribution in [3.8, 4) is 0 Å². The molecule has 7 atom stereocenters. The van der Waals surface area contributed by atoms with Crippen LogP contribution in [0.15, 0.2) is 30.5 Å². The van der Waals surface area contributed by atoms with Gasteiger partial charge < -0.3 is 25.4 Å². The molecule has 6 nitrogen and oxygen atoms in total. The summed E-state index contributed by atoms with van der Waals surface area (Å²) in [5.41, 5.74) is 0.129. The highest BCUT2D eigenvalue weighted by molar-refractivity contribution is 5.70. The number of hydrogen-bond donors (Lipinski definition) is 4. The second kappa shape index (κ2) is 15.1. The SMILES string of the molecule is CCCCCC1C=CC(CCCCCC(C(=O)O)C(O)CCC2(O)CCCC2Cc2ccc[n-]2)C(O)C1. The summed E-state index contributed by atoms with van der Waals surface area (Å²) < 4.78 is 0. The normalized spacial score (nSPS) is 29.4. The van der Waals surface area contributed by atoms with Gasteiger partial charge >= 0.3 is 5.97 Å². The average molecular weight is 517 g/mol. The van der Waals surface area contributed by atoms with Crippen LogP contribution in [-0.4, -0.2) is 44.2 Å². The minimum Gasteiger partial charge on any atom is -0.668 e. The minimum atomic E-state index is -0.955. The van der Waals surface area contributed by atoms with Gasteiger partial charge in [0.15, 0.2) is 0 Å². The molecule has 1 saturated carbocycles. The molecule has 2 aliphatic carbocycles. The average Bonchev–Trinajstić information content (AvgIpc) is 3.51. The summed E-state index contributed by atoms with van der Waals surface area (Å²) in [4.78, 5) is 16.2. The van der Waals surface area contributed by atoms with Crippen molar-refractivity contribution in [1.29, 1.82) is 0 Å². The van der Waals surface area contributed by atoms with E-state index in [0.717, 1.165) is 63.5 Å². The number of hydrogen-bond acceptors (Lipinski definition) is 4. The lowest BCUT2D eigenvalue weighted by Crippen LogP contribution is -2.37. The summed E-state index contributed by atoms with van der Waals surface area (Å²) in [5.74, 6) is -0.951. The van der Waals surface area contributed by atoms with E-state index in [1.54, 1.807) is 6.20 Å². The molecule has 0 saturated heterocycles. The van der Waals surface area contributed by atoms with Crippen LogP contribution >= 0.6 is 0 Å². The van der Waals surface area contributed by atoms with E-state index in [2.05, 4.69) is 24.1 Å². The van der Waals surface area contributed by atoms with Crippen LogP contribution in [0.1, 0.15) is 109 Å². The number of carbonyl (C=O) groups is 1. The molecule has 0 aliphatic heterocycles. The zero-order valence-electron chi connectivity index (χ0n) is 22.8. The van der Waals surface area contributed by atoms with Crippen LogP contribution in [0.25, 0.3) is 0 Å². The van der Waals surface area contributed by atoms with Gasteiger partial charge in [-0.3, -0.25) is 4.79 Å². The van der Waals surface area contributed by atoms with Gasteiger partial charge in [0.1, 0.15) is 0 Å². The summed E-state index contributed by atoms with van der Waals surface area (Å²) >= 11 is 0. The lowest BCUT2D eigenvalue weighted by atomic mass is 9.80. The van der Waals surface area contributed by atoms with Crippen molar-refractivity contribution >= 4 is 5.97 Å². The Morgan fingerprint density at radius 3 is 2.65 bits per heavy atom. The third-order valence-electron chi connectivity index (χ3n) is 9.05. The number of carboxylic acid groups (broad SMARTS) is 1. The fourth-order valence-electron chi connectivity index (χ4n) is 6.61. The van der Waals surface area contributed by atoms with Gasteiger partial charge in [0, 0.05) is 5.92 Å². The van der Waals surface area contributed by atoms with Gasteiger partial charge in [-0.2, -0.15) is 11.9 Å². The number of aromatic nitrogens is 1. The Kier molecular flexibility index (Phi) is 12.2. The Balaban J connectivity index is 1.36.